The SMILES string of the molecule is CC(CNC(=O)c1ccc(N2CCCS2(=O)=O)cc1)c1ccccc1. The molecule has 1 aliphatic rings. The van der Waals surface area contributed by atoms with Crippen LogP contribution in [0.25, 0.3) is 0 Å². The van der Waals surface area contributed by atoms with Crippen molar-refractivity contribution in [2.45, 2.75) is 19.3 Å². The fraction of sp³-hybridized carbons (Fsp3) is 0.316. The Morgan fingerprint density at radius 3 is 2.40 bits per heavy atom. The van der Waals surface area contributed by atoms with Gasteiger partial charge in [-0.15, -0.1) is 0 Å². The topological polar surface area (TPSA) is 66.5 Å². The van der Waals surface area contributed by atoms with E-state index < -0.39 is 10.0 Å². The van der Waals surface area contributed by atoms with E-state index in [1.807, 2.05) is 30.3 Å². The summed E-state index contributed by atoms with van der Waals surface area (Å²) >= 11 is 0. The summed E-state index contributed by atoms with van der Waals surface area (Å²) in [6.07, 6.45) is 0.641. The van der Waals surface area contributed by atoms with Crippen LogP contribution in [0.5, 0.6) is 0 Å². The largest absolute Gasteiger partial charge is 0.351 e. The first-order chi connectivity index (χ1) is 12.0. The maximum Gasteiger partial charge on any atom is 0.251 e. The lowest BCUT2D eigenvalue weighted by molar-refractivity contribution is 0.0951. The van der Waals surface area contributed by atoms with E-state index in [0.29, 0.717) is 30.8 Å². The zero-order valence-corrected chi connectivity index (χ0v) is 15.0. The van der Waals surface area contributed by atoms with Crippen LogP contribution >= 0.6 is 0 Å². The number of amides is 1. The van der Waals surface area contributed by atoms with Gasteiger partial charge in [0.1, 0.15) is 0 Å². The molecule has 5 nitrogen and oxygen atoms in total. The average molecular weight is 358 g/mol. The molecule has 0 saturated carbocycles. The summed E-state index contributed by atoms with van der Waals surface area (Å²) < 4.78 is 25.3. The number of anilines is 1. The van der Waals surface area contributed by atoms with Gasteiger partial charge >= 0.3 is 0 Å². The highest BCUT2D eigenvalue weighted by Gasteiger charge is 2.28. The fourth-order valence-corrected chi connectivity index (χ4v) is 4.52. The zero-order chi connectivity index (χ0) is 17.9. The third kappa shape index (κ3) is 4.02. The van der Waals surface area contributed by atoms with Crippen LogP contribution < -0.4 is 9.62 Å². The van der Waals surface area contributed by atoms with E-state index in [1.165, 1.54) is 9.87 Å². The van der Waals surface area contributed by atoms with Crippen LogP contribution in [-0.2, 0) is 10.0 Å². The van der Waals surface area contributed by atoms with Gasteiger partial charge in [0.05, 0.1) is 11.4 Å². The molecule has 1 amide bonds. The summed E-state index contributed by atoms with van der Waals surface area (Å²) in [5, 5.41) is 2.93. The molecule has 132 valence electrons. The van der Waals surface area contributed by atoms with Gasteiger partial charge in [0.15, 0.2) is 0 Å². The minimum absolute atomic E-state index is 0.154. The molecule has 0 aliphatic carbocycles. The summed E-state index contributed by atoms with van der Waals surface area (Å²) in [5.74, 6) is 0.255. The number of carbonyl (C=O) groups is 1. The van der Waals surface area contributed by atoms with E-state index in [-0.39, 0.29) is 17.6 Å². The van der Waals surface area contributed by atoms with E-state index in [4.69, 9.17) is 0 Å². The first-order valence-electron chi connectivity index (χ1n) is 8.41. The number of benzene rings is 2. The molecule has 0 radical (unpaired) electrons. The second-order valence-corrected chi connectivity index (χ2v) is 8.32. The molecule has 2 aromatic carbocycles. The van der Waals surface area contributed by atoms with Crippen molar-refractivity contribution in [1.82, 2.24) is 5.32 Å². The maximum atomic E-state index is 12.3. The summed E-state index contributed by atoms with van der Waals surface area (Å²) in [6.45, 7) is 3.12. The minimum Gasteiger partial charge on any atom is -0.351 e. The van der Waals surface area contributed by atoms with Crippen molar-refractivity contribution in [3.63, 3.8) is 0 Å². The van der Waals surface area contributed by atoms with Gasteiger partial charge in [-0.05, 0) is 42.2 Å². The van der Waals surface area contributed by atoms with Crippen LogP contribution in [0.3, 0.4) is 0 Å². The predicted molar refractivity (Wildman–Crippen MR) is 99.4 cm³/mol. The average Bonchev–Trinajstić information content (AvgIpc) is 2.99. The molecule has 1 saturated heterocycles. The molecular weight excluding hydrogens is 336 g/mol. The molecule has 1 unspecified atom stereocenters. The highest BCUT2D eigenvalue weighted by Crippen LogP contribution is 2.24. The second kappa shape index (κ2) is 7.27. The number of nitrogens with one attached hydrogen (secondary N) is 1. The standard InChI is InChI=1S/C19H22N2O3S/c1-15(16-6-3-2-4-7-16)14-20-19(22)17-8-10-18(11-9-17)21-12-5-13-25(21,23)24/h2-4,6-11,15H,5,12-14H2,1H3,(H,20,22). The Morgan fingerprint density at radius 1 is 1.12 bits per heavy atom. The van der Waals surface area contributed by atoms with E-state index in [1.54, 1.807) is 24.3 Å². The lowest BCUT2D eigenvalue weighted by atomic mass is 10.0. The third-order valence-electron chi connectivity index (χ3n) is 4.45. The third-order valence-corrected chi connectivity index (χ3v) is 6.32. The summed E-state index contributed by atoms with van der Waals surface area (Å²) in [6, 6.07) is 16.8. The van der Waals surface area contributed by atoms with Gasteiger partial charge in [-0.2, -0.15) is 0 Å². The summed E-state index contributed by atoms with van der Waals surface area (Å²) in [7, 11) is -3.19. The van der Waals surface area contributed by atoms with Crippen molar-refractivity contribution in [3.8, 4) is 0 Å². The molecule has 6 heteroatoms. The number of carbonyl (C=O) groups excluding carboxylic acids is 1. The van der Waals surface area contributed by atoms with Gasteiger partial charge in [-0.3, -0.25) is 9.10 Å². The monoisotopic (exact) mass is 358 g/mol. The molecule has 1 N–H and O–H groups in total. The first-order valence-corrected chi connectivity index (χ1v) is 10.0. The van der Waals surface area contributed by atoms with Crippen LogP contribution in [-0.4, -0.2) is 33.2 Å². The van der Waals surface area contributed by atoms with Crippen molar-refractivity contribution in [1.29, 1.82) is 0 Å². The van der Waals surface area contributed by atoms with E-state index in [2.05, 4.69) is 12.2 Å². The minimum atomic E-state index is -3.19. The fourth-order valence-electron chi connectivity index (χ4n) is 2.96. The van der Waals surface area contributed by atoms with Crippen molar-refractivity contribution in [2.75, 3.05) is 23.1 Å². The van der Waals surface area contributed by atoms with Crippen molar-refractivity contribution >= 4 is 21.6 Å². The van der Waals surface area contributed by atoms with E-state index in [0.717, 1.165) is 0 Å². The molecule has 0 aromatic heterocycles. The summed E-state index contributed by atoms with van der Waals surface area (Å²) in [5.41, 5.74) is 2.32. The smallest absolute Gasteiger partial charge is 0.251 e. The van der Waals surface area contributed by atoms with Crippen LogP contribution in [0.15, 0.2) is 54.6 Å². The number of rotatable bonds is 5. The van der Waals surface area contributed by atoms with Crippen molar-refractivity contribution in [2.24, 2.45) is 0 Å². The maximum absolute atomic E-state index is 12.3. The quantitative estimate of drug-likeness (QED) is 0.894. The normalized spacial score (nSPS) is 17.2. The molecule has 1 fully saturated rings. The molecule has 3 rings (SSSR count). The number of hydrogen-bond acceptors (Lipinski definition) is 3. The lowest BCUT2D eigenvalue weighted by Crippen LogP contribution is -2.28. The Balaban J connectivity index is 1.61. The molecule has 1 aliphatic heterocycles. The Morgan fingerprint density at radius 2 is 1.80 bits per heavy atom. The van der Waals surface area contributed by atoms with Gasteiger partial charge < -0.3 is 5.32 Å². The highest BCUT2D eigenvalue weighted by atomic mass is 32.2. The van der Waals surface area contributed by atoms with Gasteiger partial charge in [0, 0.05) is 18.7 Å². The number of sulfonamides is 1. The molecular formula is C19H22N2O3S. The van der Waals surface area contributed by atoms with Gasteiger partial charge in [0.2, 0.25) is 10.0 Å². The van der Waals surface area contributed by atoms with E-state index >= 15 is 0 Å². The van der Waals surface area contributed by atoms with Gasteiger partial charge in [-0.25, -0.2) is 8.42 Å². The van der Waals surface area contributed by atoms with Crippen LogP contribution in [0.4, 0.5) is 5.69 Å². The molecule has 0 bridgehead atoms. The molecule has 0 spiro atoms. The Bertz CT molecular complexity index is 833. The van der Waals surface area contributed by atoms with Crippen LogP contribution in [0.2, 0.25) is 0 Å². The van der Waals surface area contributed by atoms with Gasteiger partial charge in [0.25, 0.3) is 5.91 Å². The van der Waals surface area contributed by atoms with Crippen molar-refractivity contribution < 1.29 is 13.2 Å². The summed E-state index contributed by atoms with van der Waals surface area (Å²) in [4.78, 5) is 12.3. The van der Waals surface area contributed by atoms with Crippen LogP contribution in [0.1, 0.15) is 35.2 Å². The Labute approximate surface area is 148 Å². The van der Waals surface area contributed by atoms with Crippen LogP contribution in [0, 0.1) is 0 Å². The molecule has 25 heavy (non-hydrogen) atoms. The Hall–Kier alpha value is -2.34. The number of hydrogen-bond donors (Lipinski definition) is 1. The van der Waals surface area contributed by atoms with E-state index in [9.17, 15) is 13.2 Å². The van der Waals surface area contributed by atoms with Gasteiger partial charge in [-0.1, -0.05) is 37.3 Å². The molecule has 1 atom stereocenters. The van der Waals surface area contributed by atoms with Crippen molar-refractivity contribution in [3.05, 3.63) is 65.7 Å². The first kappa shape index (κ1) is 17.5. The predicted octanol–water partition coefficient (Wildman–Crippen LogP) is 2.76. The Kier molecular flexibility index (Phi) is 5.08. The second-order valence-electron chi connectivity index (χ2n) is 6.31. The lowest BCUT2D eigenvalue weighted by Gasteiger charge is -2.17. The molecule has 2 aromatic rings. The number of nitrogens with zero attached hydrogens (tertiary/aromatic N) is 1. The zero-order valence-electron chi connectivity index (χ0n) is 14.2. The molecule has 1 heterocycles. The highest BCUT2D eigenvalue weighted by molar-refractivity contribution is 7.93.